The van der Waals surface area contributed by atoms with Gasteiger partial charge in [0.15, 0.2) is 11.6 Å². The Morgan fingerprint density at radius 3 is 2.43 bits per heavy atom. The first-order valence-electron chi connectivity index (χ1n) is 8.81. The third kappa shape index (κ3) is 3.60. The van der Waals surface area contributed by atoms with Crippen molar-refractivity contribution >= 4 is 34.3 Å². The summed E-state index contributed by atoms with van der Waals surface area (Å²) in [5.74, 6) is -2.05. The number of hydrogen-bond acceptors (Lipinski definition) is 3. The molecule has 5 nitrogen and oxygen atoms in total. The number of amides is 1. The Labute approximate surface area is 166 Å². The number of nitrogens with zero attached hydrogens (tertiary/aromatic N) is 1. The molecule has 7 heteroatoms. The number of nitrogens with one attached hydrogen (secondary N) is 1. The number of phenols is 1. The summed E-state index contributed by atoms with van der Waals surface area (Å²) in [7, 11) is 0. The van der Waals surface area contributed by atoms with Crippen molar-refractivity contribution in [1.82, 2.24) is 9.88 Å². The molecule has 1 aromatic heterocycles. The monoisotopic (exact) mass is 402 g/mol. The Morgan fingerprint density at radius 1 is 1.18 bits per heavy atom. The first-order chi connectivity index (χ1) is 13.2. The number of benzene rings is 2. The van der Waals surface area contributed by atoms with Crippen LogP contribution < -0.4 is 5.32 Å². The molecule has 0 aliphatic rings. The van der Waals surface area contributed by atoms with Crippen LogP contribution in [0.5, 0.6) is 5.75 Å². The maximum Gasteiger partial charge on any atom is 0.262 e. The summed E-state index contributed by atoms with van der Waals surface area (Å²) in [4.78, 5) is 25.4. The molecule has 1 heterocycles. The molecule has 0 saturated carbocycles. The number of carbonyl (C=O) groups is 2. The summed E-state index contributed by atoms with van der Waals surface area (Å²) >= 11 is 5.89. The lowest BCUT2D eigenvalue weighted by atomic mass is 10.1. The lowest BCUT2D eigenvalue weighted by molar-refractivity contribution is -0.120. The maximum absolute atomic E-state index is 14.8. The van der Waals surface area contributed by atoms with Crippen molar-refractivity contribution in [2.45, 2.75) is 33.2 Å². The van der Waals surface area contributed by atoms with Gasteiger partial charge in [0.05, 0.1) is 11.9 Å². The van der Waals surface area contributed by atoms with Crippen LogP contribution in [0, 0.1) is 12.7 Å². The van der Waals surface area contributed by atoms with Gasteiger partial charge in [0.2, 0.25) is 5.91 Å². The number of halogens is 2. The highest BCUT2D eigenvalue weighted by Gasteiger charge is 2.25. The van der Waals surface area contributed by atoms with Crippen molar-refractivity contribution in [1.29, 1.82) is 0 Å². The third-order valence-corrected chi connectivity index (χ3v) is 4.75. The molecule has 2 aromatic carbocycles. The Hall–Kier alpha value is -2.86. The normalized spacial score (nSPS) is 11.2. The maximum atomic E-state index is 14.8. The van der Waals surface area contributed by atoms with Gasteiger partial charge in [-0.05, 0) is 62.7 Å². The van der Waals surface area contributed by atoms with E-state index in [0.29, 0.717) is 27.4 Å². The minimum absolute atomic E-state index is 0.0683. The molecule has 28 heavy (non-hydrogen) atoms. The molecule has 146 valence electrons. The second kappa shape index (κ2) is 7.64. The fourth-order valence-corrected chi connectivity index (χ4v) is 3.38. The van der Waals surface area contributed by atoms with E-state index in [4.69, 9.17) is 11.6 Å². The van der Waals surface area contributed by atoms with E-state index < -0.39 is 11.6 Å². The van der Waals surface area contributed by atoms with E-state index in [0.717, 1.165) is 0 Å². The Morgan fingerprint density at radius 2 is 1.82 bits per heavy atom. The topological polar surface area (TPSA) is 71.3 Å². The van der Waals surface area contributed by atoms with E-state index in [1.54, 1.807) is 31.2 Å². The fraction of sp³-hybridized carbons (Fsp3) is 0.238. The number of rotatable bonds is 4. The number of hydrogen-bond donors (Lipinski definition) is 2. The van der Waals surface area contributed by atoms with E-state index in [1.165, 1.54) is 16.7 Å². The summed E-state index contributed by atoms with van der Waals surface area (Å²) in [6, 6.07) is 8.95. The molecule has 0 aliphatic carbocycles. The molecule has 0 saturated heterocycles. The molecule has 3 rings (SSSR count). The number of aromatic hydroxyl groups is 1. The molecular formula is C21H20ClFN2O3. The molecule has 0 radical (unpaired) electrons. The predicted octanol–water partition coefficient (Wildman–Crippen LogP) is 4.20. The van der Waals surface area contributed by atoms with Gasteiger partial charge >= 0.3 is 0 Å². The van der Waals surface area contributed by atoms with Gasteiger partial charge in [-0.3, -0.25) is 14.2 Å². The van der Waals surface area contributed by atoms with E-state index in [-0.39, 0.29) is 29.7 Å². The van der Waals surface area contributed by atoms with Crippen LogP contribution in [0.25, 0.3) is 10.9 Å². The lowest BCUT2D eigenvalue weighted by Gasteiger charge is -2.09. The van der Waals surface area contributed by atoms with Crippen LogP contribution in [0.1, 0.15) is 35.5 Å². The van der Waals surface area contributed by atoms with Gasteiger partial charge in [-0.2, -0.15) is 0 Å². The van der Waals surface area contributed by atoms with Gasteiger partial charge in [-0.15, -0.1) is 0 Å². The van der Waals surface area contributed by atoms with Crippen LogP contribution in [0.4, 0.5) is 4.39 Å². The van der Waals surface area contributed by atoms with Crippen LogP contribution in [0.2, 0.25) is 5.02 Å². The first-order valence-corrected chi connectivity index (χ1v) is 9.19. The Kier molecular flexibility index (Phi) is 5.42. The van der Waals surface area contributed by atoms with Crippen molar-refractivity contribution in [3.8, 4) is 5.75 Å². The van der Waals surface area contributed by atoms with Gasteiger partial charge in [0.1, 0.15) is 0 Å². The standard InChI is InChI=1S/C21H20ClFN2O3/c1-11(2)24-18(27)10-15-12(3)25(16-8-9-17(26)20(23)19(15)16)21(28)13-4-6-14(22)7-5-13/h4-9,11,26H,10H2,1-3H3,(H,24,27). The summed E-state index contributed by atoms with van der Waals surface area (Å²) < 4.78 is 16.1. The van der Waals surface area contributed by atoms with Crippen molar-refractivity contribution in [2.24, 2.45) is 0 Å². The van der Waals surface area contributed by atoms with Gasteiger partial charge in [-0.25, -0.2) is 4.39 Å². The third-order valence-electron chi connectivity index (χ3n) is 4.50. The van der Waals surface area contributed by atoms with Gasteiger partial charge in [0.25, 0.3) is 5.91 Å². The lowest BCUT2D eigenvalue weighted by Crippen LogP contribution is -2.31. The summed E-state index contributed by atoms with van der Waals surface area (Å²) in [5, 5.41) is 13.1. The number of fused-ring (bicyclic) bond motifs is 1. The quantitative estimate of drug-likeness (QED) is 0.687. The average Bonchev–Trinajstić information content (AvgIpc) is 2.90. The highest BCUT2D eigenvalue weighted by atomic mass is 35.5. The van der Waals surface area contributed by atoms with Gasteiger partial charge in [-0.1, -0.05) is 11.6 Å². The second-order valence-corrected chi connectivity index (χ2v) is 7.34. The van der Waals surface area contributed by atoms with E-state index in [1.807, 2.05) is 13.8 Å². The highest BCUT2D eigenvalue weighted by molar-refractivity contribution is 6.30. The van der Waals surface area contributed by atoms with E-state index >= 15 is 0 Å². The molecule has 1 amide bonds. The van der Waals surface area contributed by atoms with Gasteiger partial charge < -0.3 is 10.4 Å². The van der Waals surface area contributed by atoms with Crippen LogP contribution in [-0.4, -0.2) is 27.5 Å². The van der Waals surface area contributed by atoms with E-state index in [9.17, 15) is 19.1 Å². The highest BCUT2D eigenvalue weighted by Crippen LogP contribution is 2.33. The average molecular weight is 403 g/mol. The zero-order valence-corrected chi connectivity index (χ0v) is 16.5. The summed E-state index contributed by atoms with van der Waals surface area (Å²) in [5.41, 5.74) is 1.47. The molecule has 2 N–H and O–H groups in total. The Balaban J connectivity index is 2.19. The summed E-state index contributed by atoms with van der Waals surface area (Å²) in [6.45, 7) is 5.30. The zero-order chi connectivity index (χ0) is 20.6. The molecule has 0 aliphatic heterocycles. The van der Waals surface area contributed by atoms with Crippen molar-refractivity contribution in [3.63, 3.8) is 0 Å². The second-order valence-electron chi connectivity index (χ2n) is 6.90. The molecule has 3 aromatic rings. The van der Waals surface area contributed by atoms with Crippen LogP contribution in [0.3, 0.4) is 0 Å². The fourth-order valence-electron chi connectivity index (χ4n) is 3.26. The van der Waals surface area contributed by atoms with Crippen molar-refractivity contribution in [2.75, 3.05) is 0 Å². The number of carbonyl (C=O) groups excluding carboxylic acids is 2. The van der Waals surface area contributed by atoms with E-state index in [2.05, 4.69) is 5.32 Å². The molecule has 0 spiro atoms. The number of aromatic nitrogens is 1. The molecular weight excluding hydrogens is 383 g/mol. The summed E-state index contributed by atoms with van der Waals surface area (Å²) in [6.07, 6.45) is -0.109. The molecule has 0 fully saturated rings. The van der Waals surface area contributed by atoms with Crippen LogP contribution in [-0.2, 0) is 11.2 Å². The van der Waals surface area contributed by atoms with Crippen molar-refractivity contribution < 1.29 is 19.1 Å². The number of phenolic OH excluding ortho intramolecular Hbond substituents is 1. The minimum atomic E-state index is -0.851. The first kappa shape index (κ1) is 19.9. The smallest absolute Gasteiger partial charge is 0.262 e. The zero-order valence-electron chi connectivity index (χ0n) is 15.7. The largest absolute Gasteiger partial charge is 0.505 e. The van der Waals surface area contributed by atoms with Gasteiger partial charge in [0, 0.05) is 27.7 Å². The molecule has 0 atom stereocenters. The minimum Gasteiger partial charge on any atom is -0.505 e. The van der Waals surface area contributed by atoms with Crippen LogP contribution in [0.15, 0.2) is 36.4 Å². The molecule has 0 unspecified atom stereocenters. The SMILES string of the molecule is Cc1c(CC(=O)NC(C)C)c2c(F)c(O)ccc2n1C(=O)c1ccc(Cl)cc1. The van der Waals surface area contributed by atoms with Crippen molar-refractivity contribution in [3.05, 3.63) is 64.1 Å². The molecule has 0 bridgehead atoms. The van der Waals surface area contributed by atoms with Crippen LogP contribution >= 0.6 is 11.6 Å². The predicted molar refractivity (Wildman–Crippen MR) is 106 cm³/mol. The Bertz CT molecular complexity index is 1070.